The lowest BCUT2D eigenvalue weighted by atomic mass is 10.0. The molecule has 12 heavy (non-hydrogen) atoms. The second kappa shape index (κ2) is 5.85. The van der Waals surface area contributed by atoms with Gasteiger partial charge in [0.2, 0.25) is 5.78 Å². The molecule has 70 valence electrons. The Labute approximate surface area is 73.8 Å². The summed E-state index contributed by atoms with van der Waals surface area (Å²) in [5.41, 5.74) is 7.35. The first kappa shape index (κ1) is 9.35. The number of ketones is 2. The average Bonchev–Trinajstić information content (AvgIpc) is 2.11. The summed E-state index contributed by atoms with van der Waals surface area (Å²) in [5.74, 6) is -1.02. The van der Waals surface area contributed by atoms with E-state index in [-0.39, 0.29) is 0 Å². The molecule has 0 rings (SSSR count). The summed E-state index contributed by atoms with van der Waals surface area (Å²) in [7, 11) is 0. The second-order valence-corrected chi connectivity index (χ2v) is 2.76. The van der Waals surface area contributed by atoms with E-state index in [1.54, 1.807) is 0 Å². The van der Waals surface area contributed by atoms with Crippen molar-refractivity contribution in [2.24, 2.45) is 11.5 Å². The van der Waals surface area contributed by atoms with Crippen LogP contribution in [0, 0.1) is 0 Å². The molecule has 0 spiro atoms. The summed E-state index contributed by atoms with van der Waals surface area (Å²) < 4.78 is 6.86. The van der Waals surface area contributed by atoms with Gasteiger partial charge in [-0.05, 0) is 19.4 Å². The van der Waals surface area contributed by atoms with E-state index in [0.29, 0.717) is 13.0 Å². The van der Waals surface area contributed by atoms with E-state index in [1.807, 2.05) is 0 Å². The molecule has 4 heteroatoms. The molecule has 0 saturated heterocycles. The Balaban J connectivity index is 3.88. The largest absolute Gasteiger partial charge is 0.330 e. The molecule has 0 aliphatic rings. The third-order valence-electron chi connectivity index (χ3n) is 1.61. The maximum Gasteiger partial charge on any atom is 0.214 e. The van der Waals surface area contributed by atoms with Crippen LogP contribution in [0.2, 0.25) is 1.41 Å². The number of hydrogen-bond donors (Lipinski definition) is 2. The van der Waals surface area contributed by atoms with Gasteiger partial charge in [-0.2, -0.15) is 0 Å². The fourth-order valence-electron chi connectivity index (χ4n) is 0.869. The monoisotopic (exact) mass is 173 g/mol. The molecular weight excluding hydrogens is 156 g/mol. The molecule has 0 bridgehead atoms. The fourth-order valence-corrected chi connectivity index (χ4v) is 0.869. The minimum Gasteiger partial charge on any atom is -0.330 e. The molecule has 1 atom stereocenters. The van der Waals surface area contributed by atoms with Gasteiger partial charge >= 0.3 is 0 Å². The van der Waals surface area contributed by atoms with Crippen LogP contribution in [0.4, 0.5) is 0 Å². The Morgan fingerprint density at radius 2 is 2.17 bits per heavy atom. The maximum atomic E-state index is 11.1. The van der Waals surface area contributed by atoms with Gasteiger partial charge in [-0.15, -0.1) is 0 Å². The van der Waals surface area contributed by atoms with Gasteiger partial charge in [0.15, 0.2) is 5.78 Å². The molecule has 0 amide bonds. The van der Waals surface area contributed by atoms with Gasteiger partial charge in [-0.3, -0.25) is 9.59 Å². The molecule has 0 aliphatic carbocycles. The standard InChI is InChI=1S/C8H16N2O2/c1-6(11)8(12)7(10)4-2-3-5-9/h7H,2-5,9-10H2,1H3/t7-/m0/s1/i/hD. The van der Waals surface area contributed by atoms with E-state index in [2.05, 4.69) is 5.73 Å². The van der Waals surface area contributed by atoms with Crippen molar-refractivity contribution in [1.82, 2.24) is 0 Å². The van der Waals surface area contributed by atoms with Crippen LogP contribution < -0.4 is 11.5 Å². The van der Waals surface area contributed by atoms with E-state index < -0.39 is 17.6 Å². The van der Waals surface area contributed by atoms with Crippen LogP contribution in [-0.4, -0.2) is 24.2 Å². The van der Waals surface area contributed by atoms with E-state index in [1.165, 1.54) is 6.92 Å². The molecule has 0 aromatic carbocycles. The smallest absolute Gasteiger partial charge is 0.214 e. The first-order valence-corrected chi connectivity index (χ1v) is 4.05. The topological polar surface area (TPSA) is 86.2 Å². The number of hydrogen-bond acceptors (Lipinski definition) is 4. The predicted octanol–water partition coefficient (Wildman–Crippen LogP) is -0.399. The molecule has 0 radical (unpaired) electrons. The van der Waals surface area contributed by atoms with Gasteiger partial charge in [0.1, 0.15) is 1.41 Å². The summed E-state index contributed by atoms with van der Waals surface area (Å²) in [5, 5.41) is 0. The molecule has 4 nitrogen and oxygen atoms in total. The fraction of sp³-hybridized carbons (Fsp3) is 0.750. The number of nitrogens with two attached hydrogens (primary N) is 2. The maximum absolute atomic E-state index is 11.1. The third-order valence-corrected chi connectivity index (χ3v) is 1.61. The molecule has 4 N–H and O–H groups in total. The molecule has 0 saturated carbocycles. The summed E-state index contributed by atoms with van der Waals surface area (Å²) in [4.78, 5) is 21.8. The van der Waals surface area contributed by atoms with Crippen LogP contribution in [0.3, 0.4) is 0 Å². The zero-order chi connectivity index (χ0) is 10.3. The molecule has 0 heterocycles. The van der Waals surface area contributed by atoms with Crippen molar-refractivity contribution in [3.63, 3.8) is 0 Å². The van der Waals surface area contributed by atoms with E-state index >= 15 is 0 Å². The van der Waals surface area contributed by atoms with Crippen LogP contribution in [0.15, 0.2) is 0 Å². The zero-order valence-corrected chi connectivity index (χ0v) is 7.30. The Morgan fingerprint density at radius 1 is 1.50 bits per heavy atom. The average molecular weight is 173 g/mol. The van der Waals surface area contributed by atoms with Crippen molar-refractivity contribution in [3.05, 3.63) is 0 Å². The summed E-state index contributed by atoms with van der Waals surface area (Å²) in [6.07, 6.45) is 2.06. The van der Waals surface area contributed by atoms with Crippen molar-refractivity contribution >= 4 is 11.6 Å². The highest BCUT2D eigenvalue weighted by Crippen LogP contribution is 1.99. The summed E-state index contributed by atoms with van der Waals surface area (Å²) >= 11 is 0. The van der Waals surface area contributed by atoms with Crippen molar-refractivity contribution in [3.8, 4) is 0 Å². The van der Waals surface area contributed by atoms with Crippen LogP contribution in [0.1, 0.15) is 26.2 Å². The Morgan fingerprint density at radius 3 is 2.58 bits per heavy atom. The van der Waals surface area contributed by atoms with Crippen LogP contribution >= 0.6 is 0 Å². The number of rotatable bonds is 7. The van der Waals surface area contributed by atoms with Crippen LogP contribution in [0.25, 0.3) is 0 Å². The minimum absolute atomic E-state index is 0.499. The number of Topliss-reactive ketones (excluding diaryl/α,β-unsaturated/α-hetero) is 2. The predicted molar refractivity (Wildman–Crippen MR) is 46.6 cm³/mol. The van der Waals surface area contributed by atoms with Crippen LogP contribution in [0.5, 0.6) is 0 Å². The molecule has 0 aromatic heterocycles. The lowest BCUT2D eigenvalue weighted by Gasteiger charge is -2.06. The number of unbranched alkanes of at least 4 members (excludes halogenated alkanes) is 1. The number of carbonyl (C=O) groups excluding carboxylic acids is 2. The number of carbonyl (C=O) groups is 2. The molecule has 0 unspecified atom stereocenters. The lowest BCUT2D eigenvalue weighted by Crippen LogP contribution is -2.34. The van der Waals surface area contributed by atoms with Crippen LogP contribution in [-0.2, 0) is 9.59 Å². The highest BCUT2D eigenvalue weighted by Gasteiger charge is 2.16. The molecule has 0 fully saturated rings. The molecule has 0 aliphatic heterocycles. The SMILES string of the molecule is [2H]N[C@@H](CCCCN)C(=O)C(C)=O. The second-order valence-electron chi connectivity index (χ2n) is 2.76. The third kappa shape index (κ3) is 4.20. The Kier molecular flexibility index (Phi) is 4.56. The minimum atomic E-state index is -0.663. The van der Waals surface area contributed by atoms with Crippen molar-refractivity contribution in [2.45, 2.75) is 32.2 Å². The normalized spacial score (nSPS) is 13.7. The van der Waals surface area contributed by atoms with Crippen molar-refractivity contribution in [1.29, 1.82) is 0 Å². The van der Waals surface area contributed by atoms with Gasteiger partial charge in [-0.1, -0.05) is 6.42 Å². The highest BCUT2D eigenvalue weighted by atomic mass is 16.2. The van der Waals surface area contributed by atoms with E-state index in [0.717, 1.165) is 12.8 Å². The lowest BCUT2D eigenvalue weighted by molar-refractivity contribution is -0.136. The van der Waals surface area contributed by atoms with E-state index in [4.69, 9.17) is 7.15 Å². The summed E-state index contributed by atoms with van der Waals surface area (Å²) in [6.45, 7) is 1.79. The Bertz CT molecular complexity index is 185. The van der Waals surface area contributed by atoms with Gasteiger partial charge < -0.3 is 11.5 Å². The molecule has 0 aromatic rings. The Hall–Kier alpha value is -0.740. The van der Waals surface area contributed by atoms with Gasteiger partial charge in [-0.25, -0.2) is 0 Å². The summed E-state index contributed by atoms with van der Waals surface area (Å²) in [6, 6.07) is -0.663. The van der Waals surface area contributed by atoms with Gasteiger partial charge in [0, 0.05) is 6.92 Å². The van der Waals surface area contributed by atoms with E-state index in [9.17, 15) is 9.59 Å². The van der Waals surface area contributed by atoms with Crippen molar-refractivity contribution in [2.75, 3.05) is 6.54 Å². The van der Waals surface area contributed by atoms with Gasteiger partial charge in [0.25, 0.3) is 0 Å². The van der Waals surface area contributed by atoms with Gasteiger partial charge in [0.05, 0.1) is 6.04 Å². The van der Waals surface area contributed by atoms with Crippen molar-refractivity contribution < 1.29 is 11.0 Å². The zero-order valence-electron chi connectivity index (χ0n) is 8.30. The molecular formula is C8H16N2O2. The first-order chi connectivity index (χ1) is 6.13. The first-order valence-electron chi connectivity index (χ1n) is 4.55. The quantitative estimate of drug-likeness (QED) is 0.405. The highest BCUT2D eigenvalue weighted by molar-refractivity contribution is 6.38.